The van der Waals surface area contributed by atoms with Gasteiger partial charge in [0.05, 0.1) is 0 Å². The van der Waals surface area contributed by atoms with Crippen LogP contribution in [0.2, 0.25) is 0 Å². The first-order valence-electron chi connectivity index (χ1n) is 7.18. The molecule has 2 atom stereocenters. The molecule has 1 nitrogen and oxygen atoms in total. The van der Waals surface area contributed by atoms with E-state index in [9.17, 15) is 0 Å². The summed E-state index contributed by atoms with van der Waals surface area (Å²) < 4.78 is 0. The molecular weight excluding hydrogens is 250 g/mol. The van der Waals surface area contributed by atoms with Crippen LogP contribution in [-0.4, -0.2) is 6.54 Å². The molecule has 0 spiro atoms. The lowest BCUT2D eigenvalue weighted by molar-refractivity contribution is 0.435. The minimum Gasteiger partial charge on any atom is -0.310 e. The van der Waals surface area contributed by atoms with E-state index in [4.69, 9.17) is 0 Å². The summed E-state index contributed by atoms with van der Waals surface area (Å²) in [6.45, 7) is 3.42. The van der Waals surface area contributed by atoms with Crippen LogP contribution < -0.4 is 5.32 Å². The van der Waals surface area contributed by atoms with E-state index in [0.29, 0.717) is 12.0 Å². The molecule has 1 N–H and O–H groups in total. The number of fused-ring (bicyclic) bond motifs is 1. The zero-order valence-corrected chi connectivity index (χ0v) is 12.2. The van der Waals surface area contributed by atoms with Crippen molar-refractivity contribution in [3.63, 3.8) is 0 Å². The molecule has 0 fully saturated rings. The Morgan fingerprint density at radius 1 is 1.16 bits per heavy atom. The molecule has 1 aromatic heterocycles. The lowest BCUT2D eigenvalue weighted by Gasteiger charge is -2.30. The van der Waals surface area contributed by atoms with Gasteiger partial charge in [0.15, 0.2) is 0 Å². The summed E-state index contributed by atoms with van der Waals surface area (Å²) in [6.07, 6.45) is 3.70. The molecule has 2 heteroatoms. The van der Waals surface area contributed by atoms with Crippen molar-refractivity contribution in [3.05, 3.63) is 57.8 Å². The quantitative estimate of drug-likeness (QED) is 0.862. The fraction of sp³-hybridized carbons (Fsp3) is 0.412. The van der Waals surface area contributed by atoms with Gasteiger partial charge in [0.1, 0.15) is 0 Å². The highest BCUT2D eigenvalue weighted by Crippen LogP contribution is 2.36. The maximum Gasteiger partial charge on any atom is 0.0323 e. The molecule has 2 aromatic rings. The molecule has 0 saturated carbocycles. The Hall–Kier alpha value is -1.12. The van der Waals surface area contributed by atoms with Gasteiger partial charge < -0.3 is 5.32 Å². The number of rotatable bonds is 4. The van der Waals surface area contributed by atoms with Crippen molar-refractivity contribution in [1.82, 2.24) is 5.32 Å². The fourth-order valence-corrected chi connectivity index (χ4v) is 3.75. The van der Waals surface area contributed by atoms with Gasteiger partial charge in [0, 0.05) is 6.04 Å². The first kappa shape index (κ1) is 12.9. The first-order chi connectivity index (χ1) is 9.34. The lowest BCUT2D eigenvalue weighted by Crippen LogP contribution is -2.27. The van der Waals surface area contributed by atoms with Crippen molar-refractivity contribution in [3.8, 4) is 0 Å². The maximum atomic E-state index is 3.74. The van der Waals surface area contributed by atoms with E-state index in [2.05, 4.69) is 53.3 Å². The fourth-order valence-electron chi connectivity index (χ4n) is 3.04. The summed E-state index contributed by atoms with van der Waals surface area (Å²) in [4.78, 5) is 0. The van der Waals surface area contributed by atoms with Gasteiger partial charge in [-0.1, -0.05) is 31.2 Å². The summed E-state index contributed by atoms with van der Waals surface area (Å²) in [5.41, 5.74) is 4.52. The molecule has 1 aromatic carbocycles. The molecule has 19 heavy (non-hydrogen) atoms. The second kappa shape index (κ2) is 5.89. The molecular formula is C17H21NS. The second-order valence-electron chi connectivity index (χ2n) is 5.50. The van der Waals surface area contributed by atoms with E-state index < -0.39 is 0 Å². The molecule has 2 unspecified atom stereocenters. The van der Waals surface area contributed by atoms with Crippen LogP contribution in [-0.2, 0) is 6.42 Å². The van der Waals surface area contributed by atoms with Crippen LogP contribution >= 0.6 is 11.3 Å². The van der Waals surface area contributed by atoms with E-state index in [1.54, 1.807) is 16.9 Å². The van der Waals surface area contributed by atoms with Gasteiger partial charge in [-0.15, -0.1) is 0 Å². The molecule has 0 aliphatic heterocycles. The van der Waals surface area contributed by atoms with Gasteiger partial charge in [0.25, 0.3) is 0 Å². The lowest BCUT2D eigenvalue weighted by atomic mass is 9.81. The van der Waals surface area contributed by atoms with Crippen molar-refractivity contribution < 1.29 is 0 Å². The highest BCUT2D eigenvalue weighted by molar-refractivity contribution is 7.07. The van der Waals surface area contributed by atoms with E-state index in [-0.39, 0.29) is 0 Å². The van der Waals surface area contributed by atoms with Crippen molar-refractivity contribution in [2.75, 3.05) is 6.54 Å². The summed E-state index contributed by atoms with van der Waals surface area (Å²) in [5, 5.41) is 8.15. The highest BCUT2D eigenvalue weighted by atomic mass is 32.1. The normalized spacial score (nSPS) is 22.2. The van der Waals surface area contributed by atoms with Crippen LogP contribution in [0.1, 0.15) is 48.4 Å². The molecule has 0 radical (unpaired) electrons. The van der Waals surface area contributed by atoms with E-state index in [0.717, 1.165) is 13.0 Å². The Balaban J connectivity index is 1.64. The van der Waals surface area contributed by atoms with Crippen molar-refractivity contribution in [2.24, 2.45) is 0 Å². The third kappa shape index (κ3) is 2.90. The smallest absolute Gasteiger partial charge is 0.0323 e. The highest BCUT2D eigenvalue weighted by Gasteiger charge is 2.23. The minimum absolute atomic E-state index is 0.547. The van der Waals surface area contributed by atoms with Gasteiger partial charge in [-0.3, -0.25) is 0 Å². The van der Waals surface area contributed by atoms with Gasteiger partial charge in [0.2, 0.25) is 0 Å². The summed E-state index contributed by atoms with van der Waals surface area (Å²) >= 11 is 1.79. The zero-order valence-electron chi connectivity index (χ0n) is 11.4. The molecule has 0 amide bonds. The topological polar surface area (TPSA) is 12.0 Å². The number of nitrogens with one attached hydrogen (secondary N) is 1. The van der Waals surface area contributed by atoms with E-state index in [1.165, 1.54) is 24.0 Å². The molecule has 100 valence electrons. The zero-order chi connectivity index (χ0) is 13.1. The molecule has 0 bridgehead atoms. The molecule has 0 saturated heterocycles. The van der Waals surface area contributed by atoms with Crippen LogP contribution in [0.3, 0.4) is 0 Å². The van der Waals surface area contributed by atoms with Gasteiger partial charge in [-0.2, -0.15) is 11.3 Å². The maximum absolute atomic E-state index is 3.74. The molecule has 1 aliphatic carbocycles. The predicted octanol–water partition coefficient (Wildman–Crippen LogP) is 4.52. The third-order valence-corrected chi connectivity index (χ3v) is 4.91. The number of hydrogen-bond acceptors (Lipinski definition) is 2. The van der Waals surface area contributed by atoms with Crippen LogP contribution in [0.25, 0.3) is 0 Å². The van der Waals surface area contributed by atoms with Crippen molar-refractivity contribution in [1.29, 1.82) is 0 Å². The van der Waals surface area contributed by atoms with Gasteiger partial charge >= 0.3 is 0 Å². The predicted molar refractivity (Wildman–Crippen MR) is 82.9 cm³/mol. The Morgan fingerprint density at radius 2 is 2.00 bits per heavy atom. The molecule has 3 rings (SSSR count). The average molecular weight is 271 g/mol. The minimum atomic E-state index is 0.547. The SMILES string of the molecule is CC1CCC(NCCc2ccsc2)c2ccccc21. The van der Waals surface area contributed by atoms with Crippen molar-refractivity contribution in [2.45, 2.75) is 38.1 Å². The summed E-state index contributed by atoms with van der Waals surface area (Å²) in [6, 6.07) is 11.7. The van der Waals surface area contributed by atoms with Crippen LogP contribution in [0.5, 0.6) is 0 Å². The Kier molecular flexibility index (Phi) is 4.00. The standard InChI is InChI=1S/C17H21NS/c1-13-6-7-17(16-5-3-2-4-15(13)16)18-10-8-14-9-11-19-12-14/h2-5,9,11-13,17-18H,6-8,10H2,1H3. The largest absolute Gasteiger partial charge is 0.310 e. The summed E-state index contributed by atoms with van der Waals surface area (Å²) in [5.74, 6) is 0.714. The van der Waals surface area contributed by atoms with Crippen LogP contribution in [0.4, 0.5) is 0 Å². The molecule has 1 aliphatic rings. The molecule has 1 heterocycles. The van der Waals surface area contributed by atoms with Gasteiger partial charge in [-0.05, 0) is 65.2 Å². The summed E-state index contributed by atoms with van der Waals surface area (Å²) in [7, 11) is 0. The van der Waals surface area contributed by atoms with Gasteiger partial charge in [-0.25, -0.2) is 0 Å². The van der Waals surface area contributed by atoms with Crippen LogP contribution in [0.15, 0.2) is 41.1 Å². The van der Waals surface area contributed by atoms with E-state index in [1.807, 2.05) is 0 Å². The Morgan fingerprint density at radius 3 is 2.79 bits per heavy atom. The monoisotopic (exact) mass is 271 g/mol. The first-order valence-corrected chi connectivity index (χ1v) is 8.12. The number of thiophene rings is 1. The number of hydrogen-bond donors (Lipinski definition) is 1. The average Bonchev–Trinajstić information content (AvgIpc) is 2.95. The Bertz CT molecular complexity index is 518. The third-order valence-electron chi connectivity index (χ3n) is 4.18. The van der Waals surface area contributed by atoms with E-state index >= 15 is 0 Å². The van der Waals surface area contributed by atoms with Crippen molar-refractivity contribution >= 4 is 11.3 Å². The second-order valence-corrected chi connectivity index (χ2v) is 6.28. The number of benzene rings is 1. The Labute approximate surface area is 119 Å². The van der Waals surface area contributed by atoms with Crippen LogP contribution in [0, 0.1) is 0 Å².